The van der Waals surface area contributed by atoms with Gasteiger partial charge in [0.1, 0.15) is 9.50 Å². The zero-order valence-electron chi connectivity index (χ0n) is 9.83. The Balaban J connectivity index is 1.73. The van der Waals surface area contributed by atoms with Crippen molar-refractivity contribution in [1.82, 2.24) is 9.97 Å². The molecule has 0 fully saturated rings. The van der Waals surface area contributed by atoms with Crippen LogP contribution in [0, 0.1) is 0 Å². The molecule has 5 heteroatoms. The second-order valence-corrected chi connectivity index (χ2v) is 8.08. The molecule has 0 unspecified atom stereocenters. The molecule has 0 saturated heterocycles. The van der Waals surface area contributed by atoms with Gasteiger partial charge in [-0.1, -0.05) is 24.3 Å². The average Bonchev–Trinajstić information content (AvgIpc) is 3.00. The molecule has 4 aromatic rings. The van der Waals surface area contributed by atoms with Gasteiger partial charge in [0, 0.05) is 8.58 Å². The van der Waals surface area contributed by atoms with Crippen molar-refractivity contribution >= 4 is 61.2 Å². The molecule has 0 radical (unpaired) electrons. The molecular formula is C14H9N2PS2. The maximum atomic E-state index is 4.68. The minimum absolute atomic E-state index is 0.558. The van der Waals surface area contributed by atoms with Crippen LogP contribution < -0.4 is 9.50 Å². The van der Waals surface area contributed by atoms with E-state index in [-0.39, 0.29) is 0 Å². The number of rotatable bonds is 2. The Kier molecular flexibility index (Phi) is 2.80. The lowest BCUT2D eigenvalue weighted by atomic mass is 10.3. The first-order chi connectivity index (χ1) is 9.38. The van der Waals surface area contributed by atoms with E-state index >= 15 is 0 Å². The minimum atomic E-state index is 0.558. The Morgan fingerprint density at radius 3 is 1.63 bits per heavy atom. The monoisotopic (exact) mass is 300 g/mol. The van der Waals surface area contributed by atoms with E-state index in [1.54, 1.807) is 22.7 Å². The molecule has 0 spiro atoms. The third-order valence-electron chi connectivity index (χ3n) is 2.80. The molecule has 0 atom stereocenters. The summed E-state index contributed by atoms with van der Waals surface area (Å²) in [6, 6.07) is 16.6. The van der Waals surface area contributed by atoms with Crippen LogP contribution in [0.4, 0.5) is 0 Å². The number of hydrogen-bond donors (Lipinski definition) is 0. The smallest absolute Gasteiger partial charge is 0.120 e. The molecule has 0 N–H and O–H groups in total. The number of nitrogens with zero attached hydrogens (tertiary/aromatic N) is 2. The van der Waals surface area contributed by atoms with Gasteiger partial charge in [0.05, 0.1) is 20.4 Å². The highest BCUT2D eigenvalue weighted by molar-refractivity contribution is 7.69. The highest BCUT2D eigenvalue weighted by Crippen LogP contribution is 2.25. The highest BCUT2D eigenvalue weighted by atomic mass is 32.1. The molecule has 0 amide bonds. The van der Waals surface area contributed by atoms with E-state index in [1.807, 2.05) is 12.1 Å². The Hall–Kier alpha value is -1.35. The molecule has 0 aliphatic carbocycles. The molecule has 92 valence electrons. The largest absolute Gasteiger partial charge is 0.236 e. The summed E-state index contributed by atoms with van der Waals surface area (Å²) in [7, 11) is 0.558. The van der Waals surface area contributed by atoms with E-state index < -0.39 is 0 Å². The number of thiazole rings is 2. The molecule has 0 aliphatic rings. The molecular weight excluding hydrogens is 291 g/mol. The van der Waals surface area contributed by atoms with E-state index in [4.69, 9.17) is 0 Å². The molecule has 2 nitrogen and oxygen atoms in total. The van der Waals surface area contributed by atoms with E-state index in [0.29, 0.717) is 8.58 Å². The summed E-state index contributed by atoms with van der Waals surface area (Å²) < 4.78 is 4.85. The number of hydrogen-bond acceptors (Lipinski definition) is 4. The first-order valence-electron chi connectivity index (χ1n) is 5.87. The van der Waals surface area contributed by atoms with Crippen molar-refractivity contribution in [1.29, 1.82) is 0 Å². The lowest BCUT2D eigenvalue weighted by Gasteiger charge is -1.88. The van der Waals surface area contributed by atoms with Crippen LogP contribution in [0.1, 0.15) is 0 Å². The Bertz CT molecular complexity index is 728. The number of benzene rings is 2. The van der Waals surface area contributed by atoms with Crippen LogP contribution in [0.3, 0.4) is 0 Å². The van der Waals surface area contributed by atoms with Crippen molar-refractivity contribution in [2.24, 2.45) is 0 Å². The fourth-order valence-electron chi connectivity index (χ4n) is 1.94. The fraction of sp³-hybridized carbons (Fsp3) is 0. The van der Waals surface area contributed by atoms with E-state index in [1.165, 1.54) is 18.9 Å². The van der Waals surface area contributed by atoms with Crippen LogP contribution in [0.2, 0.25) is 0 Å². The van der Waals surface area contributed by atoms with Gasteiger partial charge in [0.25, 0.3) is 0 Å². The number of aromatic nitrogens is 2. The third kappa shape index (κ3) is 2.16. The maximum absolute atomic E-state index is 4.68. The topological polar surface area (TPSA) is 25.8 Å². The van der Waals surface area contributed by atoms with Gasteiger partial charge in [-0.25, -0.2) is 9.97 Å². The minimum Gasteiger partial charge on any atom is -0.236 e. The summed E-state index contributed by atoms with van der Waals surface area (Å²) in [4.78, 5) is 9.35. The molecule has 19 heavy (non-hydrogen) atoms. The number of para-hydroxylation sites is 2. The zero-order valence-corrected chi connectivity index (χ0v) is 12.5. The summed E-state index contributed by atoms with van der Waals surface area (Å²) in [6.07, 6.45) is 0. The summed E-state index contributed by atoms with van der Waals surface area (Å²) in [5.41, 5.74) is 2.19. The van der Waals surface area contributed by atoms with E-state index in [2.05, 4.69) is 46.4 Å². The normalized spacial score (nSPS) is 11.4. The fourth-order valence-corrected chi connectivity index (χ4v) is 5.75. The lowest BCUT2D eigenvalue weighted by Crippen LogP contribution is -2.00. The number of fused-ring (bicyclic) bond motifs is 2. The molecule has 0 bridgehead atoms. The first kappa shape index (κ1) is 11.5. The average molecular weight is 300 g/mol. The van der Waals surface area contributed by atoms with E-state index in [9.17, 15) is 0 Å². The molecule has 4 rings (SSSR count). The van der Waals surface area contributed by atoms with Gasteiger partial charge in [-0.2, -0.15) is 0 Å². The second kappa shape index (κ2) is 4.64. The van der Waals surface area contributed by atoms with Gasteiger partial charge < -0.3 is 0 Å². The Morgan fingerprint density at radius 1 is 0.684 bits per heavy atom. The van der Waals surface area contributed by atoms with Gasteiger partial charge in [-0.15, -0.1) is 22.7 Å². The van der Waals surface area contributed by atoms with Gasteiger partial charge in [-0.05, 0) is 24.3 Å². The quantitative estimate of drug-likeness (QED) is 0.529. The third-order valence-corrected chi connectivity index (χ3v) is 6.38. The second-order valence-electron chi connectivity index (χ2n) is 4.10. The highest BCUT2D eigenvalue weighted by Gasteiger charge is 2.08. The predicted octanol–water partition coefficient (Wildman–Crippen LogP) is 3.54. The van der Waals surface area contributed by atoms with Crippen molar-refractivity contribution in [2.75, 3.05) is 0 Å². The summed E-state index contributed by atoms with van der Waals surface area (Å²) in [6.45, 7) is 0. The molecule has 2 heterocycles. The lowest BCUT2D eigenvalue weighted by molar-refractivity contribution is 1.54. The van der Waals surface area contributed by atoms with Gasteiger partial charge in [0.15, 0.2) is 0 Å². The predicted molar refractivity (Wildman–Crippen MR) is 86.8 cm³/mol. The Labute approximate surface area is 119 Å². The van der Waals surface area contributed by atoms with E-state index in [0.717, 1.165) is 11.0 Å². The van der Waals surface area contributed by atoms with Gasteiger partial charge in [-0.3, -0.25) is 0 Å². The van der Waals surface area contributed by atoms with Crippen LogP contribution in [0.15, 0.2) is 48.5 Å². The maximum Gasteiger partial charge on any atom is 0.120 e. The summed E-state index contributed by atoms with van der Waals surface area (Å²) in [5.74, 6) is 0. The van der Waals surface area contributed by atoms with Crippen LogP contribution in [0.25, 0.3) is 20.4 Å². The van der Waals surface area contributed by atoms with Crippen LogP contribution in [-0.2, 0) is 0 Å². The summed E-state index contributed by atoms with van der Waals surface area (Å²) >= 11 is 3.54. The molecule has 0 aliphatic heterocycles. The molecule has 2 aromatic heterocycles. The van der Waals surface area contributed by atoms with Crippen LogP contribution in [-0.4, -0.2) is 9.97 Å². The van der Waals surface area contributed by atoms with Crippen molar-refractivity contribution < 1.29 is 0 Å². The van der Waals surface area contributed by atoms with Crippen molar-refractivity contribution in [3.8, 4) is 0 Å². The van der Waals surface area contributed by atoms with Crippen LogP contribution >= 0.6 is 31.3 Å². The van der Waals surface area contributed by atoms with Crippen molar-refractivity contribution in [3.63, 3.8) is 0 Å². The zero-order chi connectivity index (χ0) is 12.7. The SMILES string of the molecule is c1ccc2sc(Pc3nc4ccccc4s3)nc2c1. The van der Waals surface area contributed by atoms with Gasteiger partial charge >= 0.3 is 0 Å². The first-order valence-corrected chi connectivity index (χ1v) is 8.50. The van der Waals surface area contributed by atoms with Crippen LogP contribution in [0.5, 0.6) is 0 Å². The van der Waals surface area contributed by atoms with Crippen molar-refractivity contribution in [3.05, 3.63) is 48.5 Å². The van der Waals surface area contributed by atoms with Gasteiger partial charge in [0.2, 0.25) is 0 Å². The molecule has 2 aromatic carbocycles. The summed E-state index contributed by atoms with van der Waals surface area (Å²) in [5, 5.41) is 0. The van der Waals surface area contributed by atoms with Crippen molar-refractivity contribution in [2.45, 2.75) is 0 Å². The Morgan fingerprint density at radius 2 is 1.16 bits per heavy atom. The molecule has 0 saturated carbocycles. The standard InChI is InChI=1S/C14H9N2PS2/c1-3-7-11-9(5-1)15-13(18-11)17-14-16-10-6-2-4-8-12(10)19-14/h1-8,17H.